The number of nitrogens with two attached hydrogens (primary N) is 1. The van der Waals surface area contributed by atoms with Crippen LogP contribution in [0.1, 0.15) is 19.8 Å². The van der Waals surface area contributed by atoms with E-state index in [9.17, 15) is 0 Å². The predicted molar refractivity (Wildman–Crippen MR) is 41.1 cm³/mol. The molecule has 0 heterocycles. The monoisotopic (exact) mass is 128 g/mol. The second-order valence-electron chi connectivity index (χ2n) is 2.03. The van der Waals surface area contributed by atoms with Crippen LogP contribution in [-0.4, -0.2) is 13.1 Å². The van der Waals surface area contributed by atoms with E-state index in [4.69, 9.17) is 5.73 Å². The Kier molecular flexibility index (Phi) is 5.32. The fourth-order valence-electron chi connectivity index (χ4n) is 0.492. The smallest absolute Gasteiger partial charge is 0.0155 e. The highest BCUT2D eigenvalue weighted by Crippen LogP contribution is 1.88. The van der Waals surface area contributed by atoms with Gasteiger partial charge >= 0.3 is 0 Å². The Morgan fingerprint density at radius 2 is 2.33 bits per heavy atom. The Balaban J connectivity index is 2.97. The molecule has 0 aromatic heterocycles. The molecular formula is C7H16N2. The molecule has 0 aromatic carbocycles. The molecule has 9 heavy (non-hydrogen) atoms. The quantitative estimate of drug-likeness (QED) is 0.539. The van der Waals surface area contributed by atoms with E-state index in [0.717, 1.165) is 31.6 Å². The van der Waals surface area contributed by atoms with Crippen LogP contribution in [0, 0.1) is 0 Å². The van der Waals surface area contributed by atoms with Crippen LogP contribution in [0.3, 0.4) is 0 Å². The van der Waals surface area contributed by atoms with Crippen LogP contribution in [0.2, 0.25) is 0 Å². The van der Waals surface area contributed by atoms with Gasteiger partial charge in [-0.3, -0.25) is 0 Å². The average Bonchev–Trinajstić information content (AvgIpc) is 1.89. The van der Waals surface area contributed by atoms with Crippen LogP contribution in [0.15, 0.2) is 12.3 Å². The Bertz CT molecular complexity index is 79.0. The zero-order valence-corrected chi connectivity index (χ0v) is 6.11. The third kappa shape index (κ3) is 5.37. The van der Waals surface area contributed by atoms with Crippen molar-refractivity contribution in [3.8, 4) is 0 Å². The van der Waals surface area contributed by atoms with E-state index in [-0.39, 0.29) is 0 Å². The van der Waals surface area contributed by atoms with Crippen molar-refractivity contribution in [1.29, 1.82) is 0 Å². The predicted octanol–water partition coefficient (Wildman–Crippen LogP) is 0.849. The van der Waals surface area contributed by atoms with E-state index < -0.39 is 0 Å². The number of hydrogen-bond donors (Lipinski definition) is 2. The molecule has 0 aliphatic carbocycles. The molecule has 0 aromatic rings. The van der Waals surface area contributed by atoms with E-state index in [2.05, 4.69) is 18.8 Å². The topological polar surface area (TPSA) is 38.0 Å². The maximum atomic E-state index is 5.29. The van der Waals surface area contributed by atoms with Crippen molar-refractivity contribution in [2.24, 2.45) is 5.73 Å². The first kappa shape index (κ1) is 8.50. The molecule has 54 valence electrons. The second kappa shape index (κ2) is 5.63. The van der Waals surface area contributed by atoms with Crippen molar-refractivity contribution in [1.82, 2.24) is 5.32 Å². The van der Waals surface area contributed by atoms with Crippen LogP contribution >= 0.6 is 0 Å². The van der Waals surface area contributed by atoms with Crippen molar-refractivity contribution < 1.29 is 0 Å². The lowest BCUT2D eigenvalue weighted by Gasteiger charge is -2.04. The van der Waals surface area contributed by atoms with Gasteiger partial charge in [-0.05, 0) is 19.4 Å². The normalized spacial score (nSPS) is 9.11. The fourth-order valence-corrected chi connectivity index (χ4v) is 0.492. The summed E-state index contributed by atoms with van der Waals surface area (Å²) in [6, 6.07) is 0. The molecule has 0 unspecified atom stereocenters. The summed E-state index contributed by atoms with van der Waals surface area (Å²) in [6.45, 7) is 7.59. The second-order valence-corrected chi connectivity index (χ2v) is 2.03. The van der Waals surface area contributed by atoms with Crippen LogP contribution < -0.4 is 11.1 Å². The molecule has 0 fully saturated rings. The molecule has 0 aliphatic rings. The summed E-state index contributed by atoms with van der Waals surface area (Å²) in [5, 5.41) is 3.16. The highest BCUT2D eigenvalue weighted by Gasteiger charge is 1.85. The van der Waals surface area contributed by atoms with Crippen LogP contribution in [-0.2, 0) is 0 Å². The first-order chi connectivity index (χ1) is 4.31. The van der Waals surface area contributed by atoms with Crippen LogP contribution in [0.5, 0.6) is 0 Å². The molecule has 2 nitrogen and oxygen atoms in total. The third-order valence-electron chi connectivity index (χ3n) is 1.18. The summed E-state index contributed by atoms with van der Waals surface area (Å²) < 4.78 is 0. The van der Waals surface area contributed by atoms with Crippen molar-refractivity contribution >= 4 is 0 Å². The van der Waals surface area contributed by atoms with Gasteiger partial charge in [0.05, 0.1) is 0 Å². The van der Waals surface area contributed by atoms with Crippen LogP contribution in [0.4, 0.5) is 0 Å². The van der Waals surface area contributed by atoms with Crippen molar-refractivity contribution in [3.63, 3.8) is 0 Å². The Morgan fingerprint density at radius 3 is 2.78 bits per heavy atom. The van der Waals surface area contributed by atoms with Gasteiger partial charge < -0.3 is 11.1 Å². The summed E-state index contributed by atoms with van der Waals surface area (Å²) >= 11 is 0. The lowest BCUT2D eigenvalue weighted by Crippen LogP contribution is -2.16. The SMILES string of the molecule is C=C(CC)NCCCN. The standard InChI is InChI=1S/C7H16N2/c1-3-7(2)9-6-4-5-8/h9H,2-6,8H2,1H3. The maximum absolute atomic E-state index is 5.29. The molecule has 0 saturated carbocycles. The third-order valence-corrected chi connectivity index (χ3v) is 1.18. The summed E-state index contributed by atoms with van der Waals surface area (Å²) in [5.74, 6) is 0. The zero-order valence-electron chi connectivity index (χ0n) is 6.11. The van der Waals surface area contributed by atoms with Gasteiger partial charge in [0.15, 0.2) is 0 Å². The van der Waals surface area contributed by atoms with E-state index in [0.29, 0.717) is 0 Å². The highest BCUT2D eigenvalue weighted by atomic mass is 14.9. The molecule has 0 rings (SSSR count). The van der Waals surface area contributed by atoms with Crippen molar-refractivity contribution in [2.45, 2.75) is 19.8 Å². The molecule has 2 heteroatoms. The Morgan fingerprint density at radius 1 is 1.67 bits per heavy atom. The lowest BCUT2D eigenvalue weighted by molar-refractivity contribution is 0.715. The molecule has 0 saturated heterocycles. The first-order valence-corrected chi connectivity index (χ1v) is 3.43. The summed E-state index contributed by atoms with van der Waals surface area (Å²) in [7, 11) is 0. The average molecular weight is 128 g/mol. The minimum atomic E-state index is 0.754. The Hall–Kier alpha value is -0.500. The van der Waals surface area contributed by atoms with Gasteiger partial charge in [-0.25, -0.2) is 0 Å². The maximum Gasteiger partial charge on any atom is 0.0155 e. The summed E-state index contributed by atoms with van der Waals surface area (Å²) in [6.07, 6.45) is 2.03. The molecular weight excluding hydrogens is 112 g/mol. The van der Waals surface area contributed by atoms with Gasteiger partial charge in [0, 0.05) is 12.2 Å². The summed E-state index contributed by atoms with van der Waals surface area (Å²) in [5.41, 5.74) is 6.39. The van der Waals surface area contributed by atoms with Gasteiger partial charge in [0.2, 0.25) is 0 Å². The largest absolute Gasteiger partial charge is 0.389 e. The highest BCUT2D eigenvalue weighted by molar-refractivity contribution is 4.88. The molecule has 0 atom stereocenters. The van der Waals surface area contributed by atoms with E-state index in [1.807, 2.05) is 0 Å². The van der Waals surface area contributed by atoms with Crippen LogP contribution in [0.25, 0.3) is 0 Å². The molecule has 0 aliphatic heterocycles. The molecule has 3 N–H and O–H groups in total. The molecule has 0 bridgehead atoms. The van der Waals surface area contributed by atoms with Gasteiger partial charge in [0.25, 0.3) is 0 Å². The minimum Gasteiger partial charge on any atom is -0.389 e. The van der Waals surface area contributed by atoms with Crippen molar-refractivity contribution in [3.05, 3.63) is 12.3 Å². The minimum absolute atomic E-state index is 0.754. The lowest BCUT2D eigenvalue weighted by atomic mass is 10.3. The van der Waals surface area contributed by atoms with E-state index in [1.165, 1.54) is 0 Å². The van der Waals surface area contributed by atoms with Gasteiger partial charge in [0.1, 0.15) is 0 Å². The Labute approximate surface area is 57.1 Å². The van der Waals surface area contributed by atoms with E-state index >= 15 is 0 Å². The fraction of sp³-hybridized carbons (Fsp3) is 0.714. The molecule has 0 spiro atoms. The number of allylic oxidation sites excluding steroid dienone is 1. The van der Waals surface area contributed by atoms with Gasteiger partial charge in [-0.15, -0.1) is 0 Å². The first-order valence-electron chi connectivity index (χ1n) is 3.43. The molecule has 0 radical (unpaired) electrons. The van der Waals surface area contributed by atoms with Gasteiger partial charge in [-0.2, -0.15) is 0 Å². The number of rotatable bonds is 5. The summed E-state index contributed by atoms with van der Waals surface area (Å²) in [4.78, 5) is 0. The van der Waals surface area contributed by atoms with Crippen molar-refractivity contribution in [2.75, 3.05) is 13.1 Å². The number of nitrogens with one attached hydrogen (secondary N) is 1. The van der Waals surface area contributed by atoms with Gasteiger partial charge in [-0.1, -0.05) is 13.5 Å². The molecule has 0 amide bonds. The van der Waals surface area contributed by atoms with E-state index in [1.54, 1.807) is 0 Å². The zero-order chi connectivity index (χ0) is 7.11. The number of hydrogen-bond acceptors (Lipinski definition) is 2.